The second kappa shape index (κ2) is 14.4. The van der Waals surface area contributed by atoms with Gasteiger partial charge >= 0.3 is 0 Å². The molecule has 7 heteroatoms. The Balaban J connectivity index is 0.00000204. The second-order valence-electron chi connectivity index (χ2n) is 6.75. The molecule has 0 spiro atoms. The first kappa shape index (κ1) is 25.5. The molecule has 164 valence electrons. The summed E-state index contributed by atoms with van der Waals surface area (Å²) in [6.45, 7) is 13.2. The van der Waals surface area contributed by atoms with Crippen LogP contribution >= 0.6 is 11.8 Å². The van der Waals surface area contributed by atoms with Crippen LogP contribution in [-0.2, 0) is 4.79 Å². The molecule has 0 radical (unpaired) electrons. The smallest absolute Gasteiger partial charge is 0.233 e. The number of aliphatic imine (C=N–C) groups is 1. The van der Waals surface area contributed by atoms with Crippen LogP contribution in [0.1, 0.15) is 47.5 Å². The third kappa shape index (κ3) is 8.36. The van der Waals surface area contributed by atoms with E-state index in [0.717, 1.165) is 31.5 Å². The summed E-state index contributed by atoms with van der Waals surface area (Å²) < 4.78 is 0. The normalized spacial score (nSPS) is 24.2. The van der Waals surface area contributed by atoms with Crippen LogP contribution in [-0.4, -0.2) is 60.5 Å². The van der Waals surface area contributed by atoms with Crippen molar-refractivity contribution >= 4 is 23.6 Å². The molecule has 0 saturated carbocycles. The van der Waals surface area contributed by atoms with E-state index in [1.165, 1.54) is 10.5 Å². The first-order chi connectivity index (χ1) is 14.1. The molecule has 1 aliphatic carbocycles. The largest absolute Gasteiger partial charge is 0.395 e. The van der Waals surface area contributed by atoms with Gasteiger partial charge in [-0.1, -0.05) is 39.0 Å². The van der Waals surface area contributed by atoms with Crippen LogP contribution < -0.4 is 10.6 Å². The molecule has 0 aromatic heterocycles. The molecular weight excluding hydrogens is 384 g/mol. The summed E-state index contributed by atoms with van der Waals surface area (Å²) >= 11 is 1.70. The molecule has 1 atom stereocenters. The van der Waals surface area contributed by atoms with Crippen molar-refractivity contribution in [3.8, 4) is 0 Å². The lowest BCUT2D eigenvalue weighted by Gasteiger charge is -2.20. The highest BCUT2D eigenvalue weighted by molar-refractivity contribution is 8.03. The van der Waals surface area contributed by atoms with E-state index in [1.807, 2.05) is 20.8 Å². The van der Waals surface area contributed by atoms with E-state index in [9.17, 15) is 4.79 Å². The van der Waals surface area contributed by atoms with Crippen molar-refractivity contribution in [2.45, 2.75) is 47.5 Å². The molecule has 0 saturated heterocycles. The summed E-state index contributed by atoms with van der Waals surface area (Å²) in [5.74, 6) is 0.863. The molecule has 1 unspecified atom stereocenters. The number of hydrogen-bond acceptors (Lipinski definition) is 6. The molecule has 29 heavy (non-hydrogen) atoms. The molecule has 6 nitrogen and oxygen atoms in total. The Labute approximate surface area is 180 Å². The molecule has 0 bridgehead atoms. The van der Waals surface area contributed by atoms with Crippen LogP contribution in [0.15, 0.2) is 39.3 Å². The lowest BCUT2D eigenvalue weighted by atomic mass is 9.95. The van der Waals surface area contributed by atoms with Crippen LogP contribution in [0.2, 0.25) is 0 Å². The summed E-state index contributed by atoms with van der Waals surface area (Å²) in [4.78, 5) is 20.6. The van der Waals surface area contributed by atoms with E-state index in [-0.39, 0.29) is 18.4 Å². The minimum atomic E-state index is -0.203. The summed E-state index contributed by atoms with van der Waals surface area (Å²) in [6.07, 6.45) is 8.48. The fraction of sp³-hybridized carbons (Fsp3) is 0.636. The second-order valence-corrected chi connectivity index (χ2v) is 7.70. The summed E-state index contributed by atoms with van der Waals surface area (Å²) in [5.41, 5.74) is 2.41. The van der Waals surface area contributed by atoms with Crippen molar-refractivity contribution in [1.29, 1.82) is 0 Å². The highest BCUT2D eigenvalue weighted by atomic mass is 32.2. The van der Waals surface area contributed by atoms with E-state index < -0.39 is 0 Å². The lowest BCUT2D eigenvalue weighted by Crippen LogP contribution is -2.46. The van der Waals surface area contributed by atoms with E-state index in [1.54, 1.807) is 11.8 Å². The molecule has 1 heterocycles. The van der Waals surface area contributed by atoms with Gasteiger partial charge in [-0.2, -0.15) is 0 Å². The molecule has 0 fully saturated rings. The zero-order valence-corrected chi connectivity index (χ0v) is 19.4. The van der Waals surface area contributed by atoms with Gasteiger partial charge in [-0.25, -0.2) is 4.99 Å². The highest BCUT2D eigenvalue weighted by Gasteiger charge is 2.23. The van der Waals surface area contributed by atoms with Gasteiger partial charge in [0.15, 0.2) is 5.96 Å². The monoisotopic (exact) mass is 422 g/mol. The van der Waals surface area contributed by atoms with Gasteiger partial charge in [-0.05, 0) is 44.4 Å². The van der Waals surface area contributed by atoms with Gasteiger partial charge < -0.3 is 10.4 Å². The minimum absolute atomic E-state index is 0.0339. The van der Waals surface area contributed by atoms with Crippen LogP contribution in [0.5, 0.6) is 0 Å². The van der Waals surface area contributed by atoms with Crippen molar-refractivity contribution in [2.75, 3.05) is 38.7 Å². The number of nitrogens with zero attached hydrogens (tertiary/aromatic N) is 2. The Morgan fingerprint density at radius 1 is 1.38 bits per heavy atom. The molecule has 1 amide bonds. The Kier molecular flexibility index (Phi) is 12.7. The zero-order valence-electron chi connectivity index (χ0n) is 18.6. The van der Waals surface area contributed by atoms with E-state index in [0.29, 0.717) is 24.9 Å². The van der Waals surface area contributed by atoms with Gasteiger partial charge in [-0.15, -0.1) is 11.8 Å². The highest BCUT2D eigenvalue weighted by Crippen LogP contribution is 2.35. The Morgan fingerprint density at radius 2 is 2.14 bits per heavy atom. The number of aliphatic hydroxyl groups is 1. The van der Waals surface area contributed by atoms with E-state index >= 15 is 0 Å². The molecule has 1 aliphatic heterocycles. The van der Waals surface area contributed by atoms with E-state index in [4.69, 9.17) is 5.11 Å². The number of nitrogens with one attached hydrogen (secondary N) is 2. The van der Waals surface area contributed by atoms with Crippen molar-refractivity contribution in [3.05, 3.63) is 34.3 Å². The first-order valence-electron chi connectivity index (χ1n) is 10.7. The number of hydrogen-bond donors (Lipinski definition) is 3. The standard InChI is InChI=1S/C20H32N4O2S.C2H6/c1-4-24(12-13-25)11-10-21-20-22-14-27-18(17-8-6-5-7-9-17)15(2)16(3)19(26)23-20;1-2/h5-6,8,16,25H,4,7,9-14H2,1-3H3,(H2,21,22,23,26);1-2H3/b18-15-;. The number of rotatable bonds is 7. The average molecular weight is 423 g/mol. The molecule has 0 aromatic rings. The first-order valence-corrected chi connectivity index (χ1v) is 11.7. The molecular formula is C22H38N4O2S. The van der Waals surface area contributed by atoms with Crippen LogP contribution in [0.3, 0.4) is 0 Å². The quantitative estimate of drug-likeness (QED) is 0.587. The summed E-state index contributed by atoms with van der Waals surface area (Å²) in [7, 11) is 0. The number of carbonyl (C=O) groups is 1. The predicted molar refractivity (Wildman–Crippen MR) is 125 cm³/mol. The van der Waals surface area contributed by atoms with Crippen molar-refractivity contribution < 1.29 is 9.90 Å². The van der Waals surface area contributed by atoms with Gasteiger partial charge in [-0.3, -0.25) is 15.0 Å². The van der Waals surface area contributed by atoms with Gasteiger partial charge in [0.25, 0.3) is 0 Å². The summed E-state index contributed by atoms with van der Waals surface area (Å²) in [5, 5.41) is 15.3. The maximum absolute atomic E-state index is 12.7. The number of amides is 1. The van der Waals surface area contributed by atoms with Crippen LogP contribution in [0, 0.1) is 5.92 Å². The number of aliphatic hydroxyl groups excluding tert-OH is 1. The SMILES string of the molecule is CC.CCN(CCO)CCN/C1=N/CS/C(C2=CC=CCC2)=C(/C)C(C)C(=O)N1. The number of likely N-dealkylation sites (N-methyl/N-ethyl adjacent to an activating group) is 1. The lowest BCUT2D eigenvalue weighted by molar-refractivity contribution is -0.122. The third-order valence-electron chi connectivity index (χ3n) is 4.96. The third-order valence-corrected chi connectivity index (χ3v) is 6.09. The Hall–Kier alpha value is -1.57. The van der Waals surface area contributed by atoms with E-state index in [2.05, 4.69) is 52.6 Å². The fourth-order valence-electron chi connectivity index (χ4n) is 3.07. The topological polar surface area (TPSA) is 77.0 Å². The van der Waals surface area contributed by atoms with Gasteiger partial charge in [0.1, 0.15) is 0 Å². The van der Waals surface area contributed by atoms with Gasteiger partial charge in [0, 0.05) is 24.5 Å². The average Bonchev–Trinajstić information content (AvgIpc) is 2.80. The fourth-order valence-corrected chi connectivity index (χ4v) is 4.16. The molecule has 2 aliphatic rings. The van der Waals surface area contributed by atoms with Crippen LogP contribution in [0.4, 0.5) is 0 Å². The van der Waals surface area contributed by atoms with Crippen molar-refractivity contribution in [2.24, 2.45) is 10.9 Å². The molecule has 2 rings (SSSR count). The zero-order chi connectivity index (χ0) is 21.6. The number of carbonyl (C=O) groups excluding carboxylic acids is 1. The molecule has 3 N–H and O–H groups in total. The van der Waals surface area contributed by atoms with Crippen molar-refractivity contribution in [1.82, 2.24) is 15.5 Å². The maximum atomic E-state index is 12.7. The number of thioether (sulfide) groups is 1. The van der Waals surface area contributed by atoms with Gasteiger partial charge in [0.2, 0.25) is 5.91 Å². The minimum Gasteiger partial charge on any atom is -0.395 e. The number of guanidine groups is 1. The number of allylic oxidation sites excluding steroid dienone is 4. The van der Waals surface area contributed by atoms with Crippen molar-refractivity contribution in [3.63, 3.8) is 0 Å². The Morgan fingerprint density at radius 3 is 2.76 bits per heavy atom. The predicted octanol–water partition coefficient (Wildman–Crippen LogP) is 3.28. The van der Waals surface area contributed by atoms with Crippen LogP contribution in [0.25, 0.3) is 0 Å². The summed E-state index contributed by atoms with van der Waals surface area (Å²) in [6, 6.07) is 0. The maximum Gasteiger partial charge on any atom is 0.233 e. The Bertz CT molecular complexity index is 641. The molecule has 0 aromatic carbocycles. The van der Waals surface area contributed by atoms with Gasteiger partial charge in [0.05, 0.1) is 18.4 Å².